The topological polar surface area (TPSA) is 44.4 Å². The van der Waals surface area contributed by atoms with E-state index in [1.54, 1.807) is 0 Å². The van der Waals surface area contributed by atoms with Gasteiger partial charge in [-0.1, -0.05) is 0 Å². The lowest BCUT2D eigenvalue weighted by molar-refractivity contribution is -0.0799. The van der Waals surface area contributed by atoms with Crippen molar-refractivity contribution < 1.29 is 17.9 Å². The summed E-state index contributed by atoms with van der Waals surface area (Å²) in [6.07, 6.45) is 3.71. The van der Waals surface area contributed by atoms with Gasteiger partial charge < -0.3 is 9.72 Å². The average Bonchev–Trinajstić information content (AvgIpc) is 3.10. The maximum Gasteiger partial charge on any atom is 0.248 e. The Balaban J connectivity index is 1.14. The molecule has 2 bridgehead atoms. The van der Waals surface area contributed by atoms with E-state index >= 15 is 0 Å². The van der Waals surface area contributed by atoms with Gasteiger partial charge in [0.2, 0.25) is 5.92 Å². The van der Waals surface area contributed by atoms with Crippen molar-refractivity contribution >= 4 is 11.0 Å². The molecule has 1 aromatic heterocycles. The molecule has 3 aliphatic heterocycles. The minimum atomic E-state index is -2.43. The highest BCUT2D eigenvalue weighted by Crippen LogP contribution is 2.39. The Bertz CT molecular complexity index is 895. The summed E-state index contributed by atoms with van der Waals surface area (Å²) in [6.45, 7) is 3.71. The van der Waals surface area contributed by atoms with Crippen molar-refractivity contribution in [1.29, 1.82) is 0 Å². The summed E-state index contributed by atoms with van der Waals surface area (Å²) in [4.78, 5) is 12.8. The van der Waals surface area contributed by atoms with E-state index in [1.807, 2.05) is 0 Å². The number of rotatable bonds is 6. The van der Waals surface area contributed by atoms with Gasteiger partial charge in [0, 0.05) is 44.1 Å². The summed E-state index contributed by atoms with van der Waals surface area (Å²) >= 11 is 0. The molecule has 1 aliphatic carbocycles. The van der Waals surface area contributed by atoms with Gasteiger partial charge in [-0.15, -0.1) is 0 Å². The Hall–Kier alpha value is -1.80. The normalized spacial score (nSPS) is 27.3. The quantitative estimate of drug-likeness (QED) is 0.759. The van der Waals surface area contributed by atoms with Crippen molar-refractivity contribution in [2.45, 2.75) is 63.1 Å². The first kappa shape index (κ1) is 20.1. The van der Waals surface area contributed by atoms with Crippen LogP contribution >= 0.6 is 0 Å². The lowest BCUT2D eigenvalue weighted by Crippen LogP contribution is -2.68. The zero-order chi connectivity index (χ0) is 20.9. The van der Waals surface area contributed by atoms with Gasteiger partial charge >= 0.3 is 0 Å². The second kappa shape index (κ2) is 7.71. The number of imidazole rings is 1. The highest BCUT2D eigenvalue weighted by Gasteiger charge is 2.44. The fourth-order valence-corrected chi connectivity index (χ4v) is 5.53. The highest BCUT2D eigenvalue weighted by atomic mass is 19.3. The standard InChI is InChI=1S/C22H29F3N4O/c1-30-19-9-15(23)8-18-21(19)27-20(26-18)13-28-11-16-10-17(12-28)29(16)7-4-14-2-5-22(24,25)6-3-14/h8-9,14,16-17H,2-7,10-13H2,1H3,(H,26,27). The average molecular weight is 422 g/mol. The van der Waals surface area contributed by atoms with Crippen LogP contribution in [0.3, 0.4) is 0 Å². The number of benzene rings is 1. The van der Waals surface area contributed by atoms with Crippen molar-refractivity contribution in [3.63, 3.8) is 0 Å². The molecular weight excluding hydrogens is 393 g/mol. The van der Waals surface area contributed by atoms with Crippen LogP contribution in [0.4, 0.5) is 13.2 Å². The number of nitrogens with one attached hydrogen (secondary N) is 1. The summed E-state index contributed by atoms with van der Waals surface area (Å²) < 4.78 is 45.7. The third-order valence-electron chi connectivity index (χ3n) is 7.21. The Labute approximate surface area is 174 Å². The van der Waals surface area contributed by atoms with Crippen molar-refractivity contribution in [2.75, 3.05) is 26.7 Å². The fraction of sp³-hybridized carbons (Fsp3) is 0.682. The molecule has 30 heavy (non-hydrogen) atoms. The van der Waals surface area contributed by atoms with Crippen molar-refractivity contribution in [3.8, 4) is 5.75 Å². The molecule has 2 aromatic rings. The molecule has 164 valence electrons. The number of H-pyrrole nitrogens is 1. The summed E-state index contributed by atoms with van der Waals surface area (Å²) in [7, 11) is 1.52. The first-order valence-corrected chi connectivity index (χ1v) is 11.0. The molecule has 2 atom stereocenters. The smallest absolute Gasteiger partial charge is 0.248 e. The first-order chi connectivity index (χ1) is 14.4. The highest BCUT2D eigenvalue weighted by molar-refractivity contribution is 5.81. The molecule has 0 radical (unpaired) electrons. The zero-order valence-electron chi connectivity index (χ0n) is 17.3. The van der Waals surface area contributed by atoms with E-state index in [2.05, 4.69) is 19.8 Å². The molecule has 2 unspecified atom stereocenters. The van der Waals surface area contributed by atoms with Crippen LogP contribution in [0.15, 0.2) is 12.1 Å². The van der Waals surface area contributed by atoms with E-state index < -0.39 is 5.92 Å². The molecule has 1 aromatic carbocycles. The van der Waals surface area contributed by atoms with Crippen molar-refractivity contribution in [2.24, 2.45) is 5.92 Å². The van der Waals surface area contributed by atoms with E-state index in [4.69, 9.17) is 4.74 Å². The van der Waals surface area contributed by atoms with E-state index in [0.29, 0.717) is 54.2 Å². The molecule has 1 saturated carbocycles. The Morgan fingerprint density at radius 2 is 1.93 bits per heavy atom. The van der Waals surface area contributed by atoms with E-state index in [1.165, 1.54) is 25.7 Å². The lowest BCUT2D eigenvalue weighted by Gasteiger charge is -2.56. The molecule has 6 rings (SSSR count). The maximum atomic E-state index is 13.7. The van der Waals surface area contributed by atoms with Crippen LogP contribution in [-0.4, -0.2) is 64.5 Å². The van der Waals surface area contributed by atoms with Gasteiger partial charge in [0.05, 0.1) is 19.2 Å². The summed E-state index contributed by atoms with van der Waals surface area (Å²) in [5.41, 5.74) is 1.32. The second-order valence-corrected chi connectivity index (χ2v) is 9.25. The van der Waals surface area contributed by atoms with Gasteiger partial charge in [-0.2, -0.15) is 0 Å². The van der Waals surface area contributed by atoms with Gasteiger partial charge in [-0.3, -0.25) is 9.80 Å². The van der Waals surface area contributed by atoms with Crippen LogP contribution in [0, 0.1) is 11.7 Å². The Morgan fingerprint density at radius 1 is 1.20 bits per heavy atom. The predicted octanol–water partition coefficient (Wildman–Crippen LogP) is 4.18. The molecule has 3 saturated heterocycles. The number of methoxy groups -OCH3 is 1. The van der Waals surface area contributed by atoms with Crippen LogP contribution in [0.2, 0.25) is 0 Å². The van der Waals surface area contributed by atoms with Gasteiger partial charge in [0.1, 0.15) is 22.9 Å². The maximum absolute atomic E-state index is 13.7. The number of hydrogen-bond donors (Lipinski definition) is 1. The number of hydrogen-bond acceptors (Lipinski definition) is 4. The van der Waals surface area contributed by atoms with Gasteiger partial charge in [0.25, 0.3) is 0 Å². The van der Waals surface area contributed by atoms with Gasteiger partial charge in [0.15, 0.2) is 0 Å². The van der Waals surface area contributed by atoms with E-state index in [9.17, 15) is 13.2 Å². The number of piperidine rings is 1. The fourth-order valence-electron chi connectivity index (χ4n) is 5.53. The Morgan fingerprint density at radius 3 is 2.63 bits per heavy atom. The molecule has 4 aliphatic rings. The third-order valence-corrected chi connectivity index (χ3v) is 7.21. The van der Waals surface area contributed by atoms with Crippen LogP contribution in [0.25, 0.3) is 11.0 Å². The Kier molecular flexibility index (Phi) is 5.17. The van der Waals surface area contributed by atoms with Gasteiger partial charge in [-0.05, 0) is 44.2 Å². The number of nitrogens with zero attached hydrogens (tertiary/aromatic N) is 3. The van der Waals surface area contributed by atoms with Crippen molar-refractivity contribution in [3.05, 3.63) is 23.8 Å². The monoisotopic (exact) mass is 422 g/mol. The molecule has 5 nitrogen and oxygen atoms in total. The second-order valence-electron chi connectivity index (χ2n) is 9.25. The van der Waals surface area contributed by atoms with Crippen LogP contribution < -0.4 is 4.74 Å². The SMILES string of the molecule is COc1cc(F)cc2[nH]c(CN3CC4CC(C3)N4CCC3CCC(F)(F)CC3)nc12. The number of halogens is 3. The minimum absolute atomic E-state index is 0.0600. The number of alkyl halides is 2. The molecule has 8 heteroatoms. The predicted molar refractivity (Wildman–Crippen MR) is 108 cm³/mol. The minimum Gasteiger partial charge on any atom is -0.494 e. The number of ether oxygens (including phenoxy) is 1. The summed E-state index contributed by atoms with van der Waals surface area (Å²) in [6, 6.07) is 3.90. The number of aromatic nitrogens is 2. The van der Waals surface area contributed by atoms with Gasteiger partial charge in [-0.25, -0.2) is 18.2 Å². The molecule has 4 heterocycles. The molecule has 0 amide bonds. The third kappa shape index (κ3) is 3.91. The largest absolute Gasteiger partial charge is 0.494 e. The first-order valence-electron chi connectivity index (χ1n) is 11.0. The van der Waals surface area contributed by atoms with Crippen LogP contribution in [-0.2, 0) is 6.54 Å². The number of aromatic amines is 1. The molecule has 0 spiro atoms. The zero-order valence-corrected chi connectivity index (χ0v) is 17.3. The van der Waals surface area contributed by atoms with E-state index in [-0.39, 0.29) is 18.7 Å². The molecular formula is C22H29F3N4O. The van der Waals surface area contributed by atoms with Crippen LogP contribution in [0.1, 0.15) is 44.3 Å². The number of piperazine rings is 1. The number of fused-ring (bicyclic) bond motifs is 3. The summed E-state index contributed by atoms with van der Waals surface area (Å²) in [5.74, 6) is -1.05. The van der Waals surface area contributed by atoms with Crippen molar-refractivity contribution in [1.82, 2.24) is 19.8 Å². The molecule has 1 N–H and O–H groups in total. The summed E-state index contributed by atoms with van der Waals surface area (Å²) in [5, 5.41) is 0. The van der Waals surface area contributed by atoms with Crippen LogP contribution in [0.5, 0.6) is 5.75 Å². The lowest BCUT2D eigenvalue weighted by atomic mass is 9.82. The van der Waals surface area contributed by atoms with E-state index in [0.717, 1.165) is 31.9 Å². The molecule has 4 fully saturated rings.